The number of rotatable bonds is 2. The lowest BCUT2D eigenvalue weighted by molar-refractivity contribution is 0.0697. The minimum atomic E-state index is -1.01. The number of hydrogen-bond donors (Lipinski definition) is 1. The van der Waals surface area contributed by atoms with Crippen molar-refractivity contribution in [2.45, 2.75) is 25.8 Å². The molecule has 4 nitrogen and oxygen atoms in total. The van der Waals surface area contributed by atoms with Crippen molar-refractivity contribution in [1.82, 2.24) is 4.98 Å². The molecule has 5 heteroatoms. The number of carboxylic acid groups (broad SMARTS) is 1. The Morgan fingerprint density at radius 2 is 2.44 bits per heavy atom. The van der Waals surface area contributed by atoms with Crippen LogP contribution in [-0.4, -0.2) is 28.6 Å². The molecule has 2 heterocycles. The first-order chi connectivity index (χ1) is 7.61. The molecule has 1 aromatic heterocycles. The summed E-state index contributed by atoms with van der Waals surface area (Å²) >= 11 is 6.06. The van der Waals surface area contributed by atoms with Crippen molar-refractivity contribution in [2.75, 3.05) is 11.4 Å². The largest absolute Gasteiger partial charge is 0.478 e. The second-order valence-electron chi connectivity index (χ2n) is 3.99. The van der Waals surface area contributed by atoms with Crippen LogP contribution in [0.5, 0.6) is 0 Å². The summed E-state index contributed by atoms with van der Waals surface area (Å²) < 4.78 is 0. The van der Waals surface area contributed by atoms with Crippen molar-refractivity contribution >= 4 is 23.4 Å². The molecule has 2 rings (SSSR count). The van der Waals surface area contributed by atoms with Crippen LogP contribution < -0.4 is 4.90 Å². The van der Waals surface area contributed by atoms with E-state index in [1.807, 2.05) is 0 Å². The molecule has 86 valence electrons. The number of carboxylic acids is 1. The molecule has 1 N–H and O–H groups in total. The lowest BCUT2D eigenvalue weighted by atomic mass is 10.2. The Balaban J connectivity index is 2.41. The Bertz CT molecular complexity index is 422. The summed E-state index contributed by atoms with van der Waals surface area (Å²) in [5.41, 5.74) is 0.116. The van der Waals surface area contributed by atoms with Crippen LogP contribution >= 0.6 is 11.6 Å². The van der Waals surface area contributed by atoms with Gasteiger partial charge in [0.25, 0.3) is 0 Å². The normalized spacial score (nSPS) is 20.1. The Kier molecular flexibility index (Phi) is 3.01. The van der Waals surface area contributed by atoms with E-state index >= 15 is 0 Å². The highest BCUT2D eigenvalue weighted by Crippen LogP contribution is 2.31. The SMILES string of the molecule is CC1CCCN1c1nccc(C(=O)O)c1Cl. The van der Waals surface area contributed by atoms with Crippen LogP contribution in [0.3, 0.4) is 0 Å². The number of aromatic nitrogens is 1. The van der Waals surface area contributed by atoms with Crippen molar-refractivity contribution < 1.29 is 9.90 Å². The average Bonchev–Trinajstić information content (AvgIpc) is 2.64. The monoisotopic (exact) mass is 240 g/mol. The fraction of sp³-hybridized carbons (Fsp3) is 0.455. The van der Waals surface area contributed by atoms with Gasteiger partial charge in [-0.05, 0) is 25.8 Å². The first kappa shape index (κ1) is 11.2. The molecule has 0 saturated carbocycles. The zero-order valence-electron chi connectivity index (χ0n) is 8.98. The van der Waals surface area contributed by atoms with Crippen LogP contribution in [0.1, 0.15) is 30.1 Å². The summed E-state index contributed by atoms with van der Waals surface area (Å²) in [6.07, 6.45) is 3.68. The van der Waals surface area contributed by atoms with E-state index < -0.39 is 5.97 Å². The Morgan fingerprint density at radius 3 is 3.00 bits per heavy atom. The van der Waals surface area contributed by atoms with Gasteiger partial charge in [0.2, 0.25) is 0 Å². The van der Waals surface area contributed by atoms with Crippen LogP contribution in [-0.2, 0) is 0 Å². The number of carbonyl (C=O) groups is 1. The molecule has 0 bridgehead atoms. The summed E-state index contributed by atoms with van der Waals surface area (Å²) in [4.78, 5) is 17.2. The van der Waals surface area contributed by atoms with E-state index in [4.69, 9.17) is 16.7 Å². The van der Waals surface area contributed by atoms with Crippen LogP contribution in [0.4, 0.5) is 5.82 Å². The first-order valence-corrected chi connectivity index (χ1v) is 5.63. The summed E-state index contributed by atoms with van der Waals surface area (Å²) in [7, 11) is 0. The first-order valence-electron chi connectivity index (χ1n) is 5.25. The molecule has 1 fully saturated rings. The molecule has 0 aromatic carbocycles. The van der Waals surface area contributed by atoms with E-state index in [2.05, 4.69) is 16.8 Å². The van der Waals surface area contributed by atoms with E-state index in [0.717, 1.165) is 19.4 Å². The topological polar surface area (TPSA) is 53.4 Å². The highest BCUT2D eigenvalue weighted by atomic mass is 35.5. The summed E-state index contributed by atoms with van der Waals surface area (Å²) in [6, 6.07) is 1.79. The van der Waals surface area contributed by atoms with Crippen LogP contribution in [0.15, 0.2) is 12.3 Å². The average molecular weight is 241 g/mol. The number of halogens is 1. The minimum absolute atomic E-state index is 0.116. The molecule has 16 heavy (non-hydrogen) atoms. The molecule has 1 atom stereocenters. The Morgan fingerprint density at radius 1 is 1.69 bits per heavy atom. The molecule has 0 amide bonds. The maximum absolute atomic E-state index is 10.9. The highest BCUT2D eigenvalue weighted by Gasteiger charge is 2.25. The van der Waals surface area contributed by atoms with Gasteiger partial charge in [0.05, 0.1) is 10.6 Å². The van der Waals surface area contributed by atoms with Crippen molar-refractivity contribution in [1.29, 1.82) is 0 Å². The minimum Gasteiger partial charge on any atom is -0.478 e. The fourth-order valence-corrected chi connectivity index (χ4v) is 2.35. The van der Waals surface area contributed by atoms with E-state index in [1.165, 1.54) is 12.3 Å². The van der Waals surface area contributed by atoms with Crippen molar-refractivity contribution in [3.63, 3.8) is 0 Å². The van der Waals surface area contributed by atoms with E-state index in [-0.39, 0.29) is 10.6 Å². The number of nitrogens with zero attached hydrogens (tertiary/aromatic N) is 2. The predicted octanol–water partition coefficient (Wildman–Crippen LogP) is 2.42. The van der Waals surface area contributed by atoms with E-state index in [9.17, 15) is 4.79 Å². The highest BCUT2D eigenvalue weighted by molar-refractivity contribution is 6.35. The van der Waals surface area contributed by atoms with Gasteiger partial charge in [-0.15, -0.1) is 0 Å². The third-order valence-corrected chi connectivity index (χ3v) is 3.30. The maximum atomic E-state index is 10.9. The number of pyridine rings is 1. The second-order valence-corrected chi connectivity index (χ2v) is 4.36. The van der Waals surface area contributed by atoms with Crippen molar-refractivity contribution in [3.8, 4) is 0 Å². The van der Waals surface area contributed by atoms with Gasteiger partial charge in [-0.2, -0.15) is 0 Å². The lowest BCUT2D eigenvalue weighted by Gasteiger charge is -2.23. The van der Waals surface area contributed by atoms with Gasteiger partial charge in [-0.1, -0.05) is 11.6 Å². The van der Waals surface area contributed by atoms with Crippen molar-refractivity contribution in [2.24, 2.45) is 0 Å². The molecule has 1 aliphatic heterocycles. The molecular formula is C11H13ClN2O2. The van der Waals surface area contributed by atoms with Crippen LogP contribution in [0.2, 0.25) is 5.02 Å². The molecule has 0 aliphatic carbocycles. The van der Waals surface area contributed by atoms with Gasteiger partial charge in [0, 0.05) is 18.8 Å². The standard InChI is InChI=1S/C11H13ClN2O2/c1-7-3-2-6-14(7)10-9(12)8(11(15)16)4-5-13-10/h4-5,7H,2-3,6H2,1H3,(H,15,16). The molecule has 0 spiro atoms. The molecule has 0 radical (unpaired) electrons. The zero-order chi connectivity index (χ0) is 11.7. The smallest absolute Gasteiger partial charge is 0.337 e. The predicted molar refractivity (Wildman–Crippen MR) is 62.2 cm³/mol. The van der Waals surface area contributed by atoms with Crippen LogP contribution in [0, 0.1) is 0 Å². The molecule has 1 aliphatic rings. The lowest BCUT2D eigenvalue weighted by Crippen LogP contribution is -2.27. The zero-order valence-corrected chi connectivity index (χ0v) is 9.74. The molecular weight excluding hydrogens is 228 g/mol. The third-order valence-electron chi connectivity index (χ3n) is 2.93. The summed E-state index contributed by atoms with van der Waals surface area (Å²) in [5, 5.41) is 9.21. The van der Waals surface area contributed by atoms with Crippen LogP contribution in [0.25, 0.3) is 0 Å². The number of anilines is 1. The van der Waals surface area contributed by atoms with Gasteiger partial charge in [-0.3, -0.25) is 0 Å². The van der Waals surface area contributed by atoms with E-state index in [1.54, 1.807) is 0 Å². The third kappa shape index (κ3) is 1.85. The summed E-state index contributed by atoms with van der Waals surface area (Å²) in [6.45, 7) is 2.98. The van der Waals surface area contributed by atoms with Gasteiger partial charge < -0.3 is 10.0 Å². The fourth-order valence-electron chi connectivity index (χ4n) is 2.05. The second kappa shape index (κ2) is 4.29. The molecule has 1 unspecified atom stereocenters. The number of aromatic carboxylic acids is 1. The van der Waals surface area contributed by atoms with Crippen molar-refractivity contribution in [3.05, 3.63) is 22.8 Å². The van der Waals surface area contributed by atoms with E-state index in [0.29, 0.717) is 11.9 Å². The van der Waals surface area contributed by atoms with Gasteiger partial charge in [0.1, 0.15) is 5.82 Å². The molecule has 1 aromatic rings. The summed E-state index contributed by atoms with van der Waals surface area (Å²) in [5.74, 6) is -0.424. The Hall–Kier alpha value is -1.29. The quantitative estimate of drug-likeness (QED) is 0.863. The van der Waals surface area contributed by atoms with Gasteiger partial charge >= 0.3 is 5.97 Å². The van der Waals surface area contributed by atoms with Gasteiger partial charge in [0.15, 0.2) is 0 Å². The maximum Gasteiger partial charge on any atom is 0.337 e. The van der Waals surface area contributed by atoms with Gasteiger partial charge in [-0.25, -0.2) is 9.78 Å². The number of hydrogen-bond acceptors (Lipinski definition) is 3. The molecule has 1 saturated heterocycles. The Labute approximate surface area is 98.9 Å².